The molecule has 3 nitrogen and oxygen atoms in total. The van der Waals surface area contributed by atoms with E-state index < -0.39 is 5.91 Å². The molecule has 1 amide bonds. The van der Waals surface area contributed by atoms with Crippen molar-refractivity contribution in [3.05, 3.63) is 22.6 Å². The minimum absolute atomic E-state index is 0.147. The molecule has 1 rings (SSSR count). The maximum atomic E-state index is 10.8. The topological polar surface area (TPSA) is 42.6 Å². The van der Waals surface area contributed by atoms with E-state index in [1.54, 1.807) is 6.07 Å². The zero-order valence-corrected chi connectivity index (χ0v) is 7.61. The molecule has 0 atom stereocenters. The second kappa shape index (κ2) is 3.57. The number of hydrogen-bond acceptors (Lipinski definition) is 3. The molecule has 56 valence electrons. The molecule has 0 unspecified atom stereocenters. The number of carbonyl (C=O) groups excluding carboxylic acids is 1. The van der Waals surface area contributed by atoms with Gasteiger partial charge in [0.1, 0.15) is 0 Å². The van der Waals surface area contributed by atoms with Crippen LogP contribution < -0.4 is 0 Å². The van der Waals surface area contributed by atoms with Crippen LogP contribution in [0.2, 0.25) is 0 Å². The molecule has 0 aromatic carbocycles. The molecule has 5 heteroatoms. The van der Waals surface area contributed by atoms with E-state index in [0.29, 0.717) is 4.67 Å². The Hall–Kier alpha value is -0.770. The van der Waals surface area contributed by atoms with Crippen molar-refractivity contribution >= 4 is 39.2 Å². The second-order valence-electron chi connectivity index (χ2n) is 1.61. The Morgan fingerprint density at radius 3 is 2.91 bits per heavy atom. The third kappa shape index (κ3) is 2.08. The predicted octanol–water partition coefficient (Wildman–Crippen LogP) is 2.29. The summed E-state index contributed by atoms with van der Waals surface area (Å²) in [4.78, 5) is 14.1. The monoisotopic (exact) mass is 231 g/mol. The van der Waals surface area contributed by atoms with Gasteiger partial charge in [-0.3, -0.25) is 4.79 Å². The van der Waals surface area contributed by atoms with Crippen molar-refractivity contribution in [1.29, 1.82) is 0 Å². The average Bonchev–Trinajstić information content (AvgIpc) is 2.36. The van der Waals surface area contributed by atoms with Gasteiger partial charge in [-0.15, -0.1) is 4.99 Å². The van der Waals surface area contributed by atoms with Gasteiger partial charge in [-0.25, -0.2) is 0 Å². The SMILES string of the molecule is O=C(N=C=S)c1ccc(Br)o1. The molecule has 0 spiro atoms. The normalized spacial score (nSPS) is 8.82. The Morgan fingerprint density at radius 1 is 1.73 bits per heavy atom. The minimum Gasteiger partial charge on any atom is -0.444 e. The van der Waals surface area contributed by atoms with Crippen molar-refractivity contribution in [3.8, 4) is 0 Å². The third-order valence-corrected chi connectivity index (χ3v) is 1.45. The summed E-state index contributed by atoms with van der Waals surface area (Å²) in [5.41, 5.74) is 0. The van der Waals surface area contributed by atoms with E-state index in [-0.39, 0.29) is 5.76 Å². The predicted molar refractivity (Wildman–Crippen MR) is 45.8 cm³/mol. The lowest BCUT2D eigenvalue weighted by Crippen LogP contribution is -1.89. The van der Waals surface area contributed by atoms with Crippen LogP contribution in [0.15, 0.2) is 26.2 Å². The highest BCUT2D eigenvalue weighted by atomic mass is 79.9. The van der Waals surface area contributed by atoms with Crippen molar-refractivity contribution in [2.24, 2.45) is 4.99 Å². The number of isothiocyanates is 1. The summed E-state index contributed by atoms with van der Waals surface area (Å²) in [7, 11) is 0. The fourth-order valence-corrected chi connectivity index (χ4v) is 0.915. The van der Waals surface area contributed by atoms with Gasteiger partial charge in [0.25, 0.3) is 0 Å². The summed E-state index contributed by atoms with van der Waals surface area (Å²) in [5.74, 6) is -0.375. The summed E-state index contributed by atoms with van der Waals surface area (Å²) in [6.07, 6.45) is 0. The standard InChI is InChI=1S/C6H2BrNO2S/c7-5-2-1-4(10-5)6(9)8-3-11/h1-2H. The number of carbonyl (C=O) groups is 1. The zero-order chi connectivity index (χ0) is 8.27. The van der Waals surface area contributed by atoms with Crippen molar-refractivity contribution < 1.29 is 9.21 Å². The number of aliphatic imine (C=N–C) groups is 1. The smallest absolute Gasteiger partial charge is 0.321 e. The molecule has 0 aliphatic heterocycles. The molecular weight excluding hydrogens is 230 g/mol. The summed E-state index contributed by atoms with van der Waals surface area (Å²) >= 11 is 7.29. The number of thiocarbonyl (C=S) groups is 1. The van der Waals surface area contributed by atoms with Crippen LogP contribution in [0, 0.1) is 0 Å². The van der Waals surface area contributed by atoms with Crippen LogP contribution >= 0.6 is 28.1 Å². The average molecular weight is 232 g/mol. The van der Waals surface area contributed by atoms with Gasteiger partial charge < -0.3 is 4.42 Å². The zero-order valence-electron chi connectivity index (χ0n) is 5.20. The molecule has 1 aromatic heterocycles. The van der Waals surface area contributed by atoms with Gasteiger partial charge in [0, 0.05) is 0 Å². The maximum absolute atomic E-state index is 10.8. The largest absolute Gasteiger partial charge is 0.444 e. The third-order valence-electron chi connectivity index (χ3n) is 0.931. The van der Waals surface area contributed by atoms with E-state index in [0.717, 1.165) is 0 Å². The first kappa shape index (κ1) is 8.33. The molecule has 0 bridgehead atoms. The molecule has 11 heavy (non-hydrogen) atoms. The lowest BCUT2D eigenvalue weighted by molar-refractivity contribution is 0.0976. The lowest BCUT2D eigenvalue weighted by Gasteiger charge is -1.82. The fraction of sp³-hybridized carbons (Fsp3) is 0. The molecular formula is C6H2BrNO2S. The van der Waals surface area contributed by atoms with Crippen molar-refractivity contribution in [2.75, 3.05) is 0 Å². The Kier molecular flexibility index (Phi) is 2.70. The number of hydrogen-bond donors (Lipinski definition) is 0. The number of furan rings is 1. The van der Waals surface area contributed by atoms with E-state index in [2.05, 4.69) is 33.1 Å². The van der Waals surface area contributed by atoms with E-state index >= 15 is 0 Å². The summed E-state index contributed by atoms with van der Waals surface area (Å²) in [5, 5.41) is 1.96. The summed E-state index contributed by atoms with van der Waals surface area (Å²) in [6, 6.07) is 3.11. The van der Waals surface area contributed by atoms with E-state index in [9.17, 15) is 4.79 Å². The van der Waals surface area contributed by atoms with Crippen LogP contribution in [0.4, 0.5) is 0 Å². The number of nitrogens with zero attached hydrogens (tertiary/aromatic N) is 1. The molecule has 0 aliphatic rings. The number of halogens is 1. The molecule has 0 N–H and O–H groups in total. The molecule has 1 aromatic rings. The van der Waals surface area contributed by atoms with Crippen molar-refractivity contribution in [2.45, 2.75) is 0 Å². The maximum Gasteiger partial charge on any atom is 0.321 e. The summed E-state index contributed by atoms with van der Waals surface area (Å²) in [6.45, 7) is 0. The molecule has 0 saturated heterocycles. The van der Waals surface area contributed by atoms with Gasteiger partial charge in [0.15, 0.2) is 10.4 Å². The van der Waals surface area contributed by atoms with E-state index in [4.69, 9.17) is 4.42 Å². The van der Waals surface area contributed by atoms with Gasteiger partial charge in [0.05, 0.1) is 5.16 Å². The van der Waals surface area contributed by atoms with Crippen molar-refractivity contribution in [3.63, 3.8) is 0 Å². The Morgan fingerprint density at radius 2 is 2.45 bits per heavy atom. The Balaban J connectivity index is 2.93. The number of rotatable bonds is 1. The molecule has 0 radical (unpaired) electrons. The van der Waals surface area contributed by atoms with Gasteiger partial charge in [0.2, 0.25) is 0 Å². The molecule has 0 aliphatic carbocycles. The van der Waals surface area contributed by atoms with Crippen LogP contribution in [0.25, 0.3) is 0 Å². The van der Waals surface area contributed by atoms with Gasteiger partial charge in [-0.05, 0) is 40.3 Å². The highest BCUT2D eigenvalue weighted by molar-refractivity contribution is 9.10. The first-order valence-corrected chi connectivity index (χ1v) is 3.81. The highest BCUT2D eigenvalue weighted by Gasteiger charge is 2.07. The first-order chi connectivity index (χ1) is 5.24. The van der Waals surface area contributed by atoms with E-state index in [1.807, 2.05) is 5.16 Å². The summed E-state index contributed by atoms with van der Waals surface area (Å²) < 4.78 is 5.37. The Bertz CT molecular complexity index is 327. The first-order valence-electron chi connectivity index (χ1n) is 2.61. The quantitative estimate of drug-likeness (QED) is 0.551. The van der Waals surface area contributed by atoms with Crippen molar-refractivity contribution in [1.82, 2.24) is 0 Å². The molecule has 0 fully saturated rings. The molecule has 0 saturated carbocycles. The number of amides is 1. The van der Waals surface area contributed by atoms with Crippen LogP contribution in [0.1, 0.15) is 10.6 Å². The van der Waals surface area contributed by atoms with Gasteiger partial charge in [-0.1, -0.05) is 0 Å². The minimum atomic E-state index is -0.522. The lowest BCUT2D eigenvalue weighted by atomic mass is 10.4. The highest BCUT2D eigenvalue weighted by Crippen LogP contribution is 2.14. The van der Waals surface area contributed by atoms with Crippen LogP contribution in [0.3, 0.4) is 0 Å². The Labute approximate surface area is 76.2 Å². The van der Waals surface area contributed by atoms with E-state index in [1.165, 1.54) is 6.07 Å². The van der Waals surface area contributed by atoms with Crippen LogP contribution in [-0.4, -0.2) is 11.1 Å². The van der Waals surface area contributed by atoms with Crippen LogP contribution in [0.5, 0.6) is 0 Å². The second-order valence-corrected chi connectivity index (χ2v) is 2.58. The van der Waals surface area contributed by atoms with Gasteiger partial charge in [-0.2, -0.15) is 0 Å². The molecule has 1 heterocycles. The fourth-order valence-electron chi connectivity index (χ4n) is 0.526. The van der Waals surface area contributed by atoms with Crippen LogP contribution in [-0.2, 0) is 0 Å². The van der Waals surface area contributed by atoms with Gasteiger partial charge >= 0.3 is 5.91 Å².